The lowest BCUT2D eigenvalue weighted by molar-refractivity contribution is -0.0244. The molecular formula is C17H26N2O4. The highest BCUT2D eigenvalue weighted by Gasteiger charge is 2.35. The number of nitrogens with one attached hydrogen (secondary N) is 1. The van der Waals surface area contributed by atoms with Gasteiger partial charge in [0.05, 0.1) is 11.3 Å². The van der Waals surface area contributed by atoms with Gasteiger partial charge in [0, 0.05) is 19.6 Å². The summed E-state index contributed by atoms with van der Waals surface area (Å²) in [5.41, 5.74) is -0.826. The minimum atomic E-state index is -0.902. The summed E-state index contributed by atoms with van der Waals surface area (Å²) in [6, 6.07) is 6.91. The van der Waals surface area contributed by atoms with Crippen molar-refractivity contribution in [1.29, 1.82) is 0 Å². The highest BCUT2D eigenvalue weighted by Crippen LogP contribution is 2.27. The summed E-state index contributed by atoms with van der Waals surface area (Å²) < 4.78 is 5.35. The molecule has 0 radical (unpaired) electrons. The number of anilines is 1. The fourth-order valence-corrected chi connectivity index (χ4v) is 2.49. The van der Waals surface area contributed by atoms with Gasteiger partial charge in [-0.2, -0.15) is 0 Å². The average Bonchev–Trinajstić information content (AvgIpc) is 2.45. The van der Waals surface area contributed by atoms with E-state index in [2.05, 4.69) is 5.32 Å². The van der Waals surface area contributed by atoms with Gasteiger partial charge < -0.3 is 25.2 Å². The molecule has 1 heterocycles. The highest BCUT2D eigenvalue weighted by molar-refractivity contribution is 5.68. The maximum absolute atomic E-state index is 12.0. The van der Waals surface area contributed by atoms with E-state index in [1.54, 1.807) is 23.1 Å². The van der Waals surface area contributed by atoms with Crippen LogP contribution in [0.5, 0.6) is 5.75 Å². The van der Waals surface area contributed by atoms with Gasteiger partial charge in [0.1, 0.15) is 11.4 Å². The van der Waals surface area contributed by atoms with Crippen molar-refractivity contribution in [2.24, 2.45) is 0 Å². The molecule has 1 aromatic carbocycles. The summed E-state index contributed by atoms with van der Waals surface area (Å²) in [4.78, 5) is 13.6. The third-order valence-electron chi connectivity index (χ3n) is 3.86. The standard InChI is InChI=1S/C17H26N2O4/c1-16(2,3)23-15(21)19-10-8-17(22,9-11-19)12-18-13-6-4-5-7-14(13)20/h4-7,18,20,22H,8-12H2,1-3H3. The second-order valence-electron chi connectivity index (χ2n) is 7.06. The molecule has 1 aromatic rings. The molecule has 0 aromatic heterocycles. The first-order valence-corrected chi connectivity index (χ1v) is 7.91. The number of ether oxygens (including phenoxy) is 1. The summed E-state index contributed by atoms with van der Waals surface area (Å²) in [6.07, 6.45) is 0.591. The lowest BCUT2D eigenvalue weighted by atomic mass is 9.91. The molecule has 1 aliphatic rings. The maximum atomic E-state index is 12.0. The number of phenolic OH excluding ortho intramolecular Hbond substituents is 1. The Morgan fingerprint density at radius 2 is 1.91 bits per heavy atom. The average molecular weight is 322 g/mol. The smallest absolute Gasteiger partial charge is 0.410 e. The molecule has 0 saturated carbocycles. The van der Waals surface area contributed by atoms with Gasteiger partial charge in [0.2, 0.25) is 0 Å². The number of hydrogen-bond acceptors (Lipinski definition) is 5. The summed E-state index contributed by atoms with van der Waals surface area (Å²) in [5, 5.41) is 23.4. The lowest BCUT2D eigenvalue weighted by Crippen LogP contribution is -2.50. The van der Waals surface area contributed by atoms with E-state index in [1.165, 1.54) is 0 Å². The van der Waals surface area contributed by atoms with E-state index < -0.39 is 11.2 Å². The first-order chi connectivity index (χ1) is 10.7. The molecule has 128 valence electrons. The molecular weight excluding hydrogens is 296 g/mol. The number of carbonyl (C=O) groups excluding carboxylic acids is 1. The van der Waals surface area contributed by atoms with Crippen LogP contribution in [0.15, 0.2) is 24.3 Å². The number of benzene rings is 1. The zero-order valence-electron chi connectivity index (χ0n) is 14.0. The molecule has 0 spiro atoms. The molecule has 0 aliphatic carbocycles. The zero-order chi connectivity index (χ0) is 17.1. The molecule has 2 rings (SSSR count). The summed E-state index contributed by atoms with van der Waals surface area (Å²) in [6.45, 7) is 6.73. The van der Waals surface area contributed by atoms with Crippen LogP contribution in [-0.2, 0) is 4.74 Å². The van der Waals surface area contributed by atoms with Crippen LogP contribution in [0.3, 0.4) is 0 Å². The third-order valence-corrected chi connectivity index (χ3v) is 3.86. The molecule has 1 fully saturated rings. The molecule has 0 unspecified atom stereocenters. The molecule has 6 heteroatoms. The van der Waals surface area contributed by atoms with Gasteiger partial charge in [0.15, 0.2) is 0 Å². The lowest BCUT2D eigenvalue weighted by Gasteiger charge is -2.38. The van der Waals surface area contributed by atoms with Crippen LogP contribution in [0.2, 0.25) is 0 Å². The Balaban J connectivity index is 1.85. The van der Waals surface area contributed by atoms with Crippen molar-refractivity contribution in [1.82, 2.24) is 4.90 Å². The van der Waals surface area contributed by atoms with Gasteiger partial charge in [0.25, 0.3) is 0 Å². The van der Waals surface area contributed by atoms with Gasteiger partial charge >= 0.3 is 6.09 Å². The number of para-hydroxylation sites is 2. The number of likely N-dealkylation sites (tertiary alicyclic amines) is 1. The SMILES string of the molecule is CC(C)(C)OC(=O)N1CCC(O)(CNc2ccccc2O)CC1. The van der Waals surface area contributed by atoms with Gasteiger partial charge in [-0.05, 0) is 45.7 Å². The Labute approximate surface area is 137 Å². The molecule has 1 saturated heterocycles. The maximum Gasteiger partial charge on any atom is 0.410 e. The van der Waals surface area contributed by atoms with Crippen LogP contribution < -0.4 is 5.32 Å². The number of rotatable bonds is 3. The van der Waals surface area contributed by atoms with Crippen LogP contribution >= 0.6 is 0 Å². The number of aromatic hydroxyl groups is 1. The number of aliphatic hydroxyl groups is 1. The second-order valence-corrected chi connectivity index (χ2v) is 7.06. The van der Waals surface area contributed by atoms with Crippen molar-refractivity contribution < 1.29 is 19.7 Å². The first-order valence-electron chi connectivity index (χ1n) is 7.91. The Morgan fingerprint density at radius 3 is 2.48 bits per heavy atom. The number of piperidine rings is 1. The fraction of sp³-hybridized carbons (Fsp3) is 0.588. The Bertz CT molecular complexity index is 546. The van der Waals surface area contributed by atoms with Gasteiger partial charge in [-0.1, -0.05) is 12.1 Å². The van der Waals surface area contributed by atoms with Gasteiger partial charge in [-0.25, -0.2) is 4.79 Å². The molecule has 1 aliphatic heterocycles. The first kappa shape index (κ1) is 17.4. The van der Waals surface area contributed by atoms with E-state index in [-0.39, 0.29) is 11.8 Å². The molecule has 23 heavy (non-hydrogen) atoms. The fourth-order valence-electron chi connectivity index (χ4n) is 2.49. The zero-order valence-corrected chi connectivity index (χ0v) is 14.0. The molecule has 3 N–H and O–H groups in total. The largest absolute Gasteiger partial charge is 0.506 e. The van der Waals surface area contributed by atoms with E-state index >= 15 is 0 Å². The number of carbonyl (C=O) groups is 1. The molecule has 0 atom stereocenters. The highest BCUT2D eigenvalue weighted by atomic mass is 16.6. The van der Waals surface area contributed by atoms with Crippen molar-refractivity contribution in [2.75, 3.05) is 25.0 Å². The predicted molar refractivity (Wildman–Crippen MR) is 88.6 cm³/mol. The number of nitrogens with zero attached hydrogens (tertiary/aromatic N) is 1. The topological polar surface area (TPSA) is 82.0 Å². The number of hydrogen-bond donors (Lipinski definition) is 3. The van der Waals surface area contributed by atoms with Crippen LogP contribution in [0.1, 0.15) is 33.6 Å². The minimum absolute atomic E-state index is 0.155. The minimum Gasteiger partial charge on any atom is -0.506 e. The number of amides is 1. The van der Waals surface area contributed by atoms with Crippen molar-refractivity contribution in [2.45, 2.75) is 44.8 Å². The van der Waals surface area contributed by atoms with Gasteiger partial charge in [-0.3, -0.25) is 0 Å². The van der Waals surface area contributed by atoms with Crippen LogP contribution in [0.25, 0.3) is 0 Å². The van der Waals surface area contributed by atoms with E-state index in [0.29, 0.717) is 38.2 Å². The van der Waals surface area contributed by atoms with Gasteiger partial charge in [-0.15, -0.1) is 0 Å². The predicted octanol–water partition coefficient (Wildman–Crippen LogP) is 2.57. The van der Waals surface area contributed by atoms with Crippen LogP contribution in [0.4, 0.5) is 10.5 Å². The normalized spacial score (nSPS) is 17.7. The Hall–Kier alpha value is -1.95. The van der Waals surface area contributed by atoms with Crippen molar-refractivity contribution >= 4 is 11.8 Å². The Morgan fingerprint density at radius 1 is 1.30 bits per heavy atom. The van der Waals surface area contributed by atoms with E-state index in [4.69, 9.17) is 4.74 Å². The summed E-state index contributed by atoms with van der Waals surface area (Å²) in [7, 11) is 0. The Kier molecular flexibility index (Phi) is 5.04. The summed E-state index contributed by atoms with van der Waals surface area (Å²) >= 11 is 0. The second kappa shape index (κ2) is 6.66. The quantitative estimate of drug-likeness (QED) is 0.745. The van der Waals surface area contributed by atoms with Crippen LogP contribution in [-0.4, -0.2) is 52.0 Å². The van der Waals surface area contributed by atoms with Crippen LogP contribution in [0, 0.1) is 0 Å². The molecule has 0 bridgehead atoms. The van der Waals surface area contributed by atoms with E-state index in [1.807, 2.05) is 26.8 Å². The monoisotopic (exact) mass is 322 g/mol. The number of phenols is 1. The van der Waals surface area contributed by atoms with Crippen molar-refractivity contribution in [3.8, 4) is 5.75 Å². The van der Waals surface area contributed by atoms with Crippen molar-refractivity contribution in [3.63, 3.8) is 0 Å². The molecule has 1 amide bonds. The van der Waals surface area contributed by atoms with Crippen molar-refractivity contribution in [3.05, 3.63) is 24.3 Å². The molecule has 6 nitrogen and oxygen atoms in total. The summed E-state index contributed by atoms with van der Waals surface area (Å²) in [5.74, 6) is 0.155. The van der Waals surface area contributed by atoms with E-state index in [0.717, 1.165) is 0 Å². The van der Waals surface area contributed by atoms with E-state index in [9.17, 15) is 15.0 Å². The third kappa shape index (κ3) is 5.03.